The molecule has 0 radical (unpaired) electrons. The Kier molecular flexibility index (Phi) is 4.64. The zero-order valence-corrected chi connectivity index (χ0v) is 14.0. The van der Waals surface area contributed by atoms with Crippen molar-refractivity contribution in [1.29, 1.82) is 0 Å². The van der Waals surface area contributed by atoms with Crippen molar-refractivity contribution >= 4 is 11.8 Å². The topological polar surface area (TPSA) is 57.4 Å². The predicted molar refractivity (Wildman–Crippen MR) is 94.1 cm³/mol. The van der Waals surface area contributed by atoms with Gasteiger partial charge in [0.2, 0.25) is 5.95 Å². The average Bonchev–Trinajstić information content (AvgIpc) is 2.93. The number of hydrogen-bond donors (Lipinski definition) is 1. The summed E-state index contributed by atoms with van der Waals surface area (Å²) >= 11 is 0. The van der Waals surface area contributed by atoms with Crippen LogP contribution in [-0.4, -0.2) is 47.1 Å². The van der Waals surface area contributed by atoms with E-state index in [9.17, 15) is 0 Å². The maximum atomic E-state index is 5.12. The highest BCUT2D eigenvalue weighted by Crippen LogP contribution is 2.20. The quantitative estimate of drug-likeness (QED) is 0.911. The molecule has 4 heterocycles. The van der Waals surface area contributed by atoms with Crippen molar-refractivity contribution in [3.05, 3.63) is 36.4 Å². The van der Waals surface area contributed by atoms with E-state index in [-0.39, 0.29) is 0 Å². The normalized spacial score (nSPS) is 19.8. The monoisotopic (exact) mass is 327 g/mol. The number of nitrogens with zero attached hydrogens (tertiary/aromatic N) is 4. The van der Waals surface area contributed by atoms with Gasteiger partial charge in [0.05, 0.1) is 18.6 Å². The molecule has 6 nitrogen and oxygen atoms in total. The van der Waals surface area contributed by atoms with Gasteiger partial charge in [-0.1, -0.05) is 12.8 Å². The van der Waals surface area contributed by atoms with E-state index in [4.69, 9.17) is 9.40 Å². The van der Waals surface area contributed by atoms with Gasteiger partial charge in [0.15, 0.2) is 0 Å². The summed E-state index contributed by atoms with van der Waals surface area (Å²) in [7, 11) is 0. The highest BCUT2D eigenvalue weighted by Gasteiger charge is 2.27. The van der Waals surface area contributed by atoms with E-state index in [2.05, 4.69) is 20.1 Å². The van der Waals surface area contributed by atoms with Crippen molar-refractivity contribution in [2.45, 2.75) is 38.3 Å². The van der Waals surface area contributed by atoms with Gasteiger partial charge in [0, 0.05) is 44.5 Å². The van der Waals surface area contributed by atoms with E-state index in [0.29, 0.717) is 6.04 Å². The zero-order valence-electron chi connectivity index (χ0n) is 14.0. The number of hydrogen-bond acceptors (Lipinski definition) is 6. The Morgan fingerprint density at radius 3 is 2.71 bits per heavy atom. The number of likely N-dealkylation sites (tertiary alicyclic amines) is 1. The molecule has 2 aliphatic rings. The standard InChI is InChI=1S/C18H25N5O/c1-2-4-9-23(8-3-1)17-5-7-19-18(21-17)20-16-12-22(13-16)11-15-6-10-24-14-15/h5-7,10,14,16H,1-4,8-9,11-13H2,(H,19,20,21). The maximum absolute atomic E-state index is 5.12. The van der Waals surface area contributed by atoms with Crippen molar-refractivity contribution in [1.82, 2.24) is 14.9 Å². The average molecular weight is 327 g/mol. The van der Waals surface area contributed by atoms with Gasteiger partial charge >= 0.3 is 0 Å². The first-order chi connectivity index (χ1) is 11.9. The number of anilines is 2. The van der Waals surface area contributed by atoms with Crippen LogP contribution in [0.1, 0.15) is 31.2 Å². The first-order valence-corrected chi connectivity index (χ1v) is 8.95. The zero-order chi connectivity index (χ0) is 16.2. The largest absolute Gasteiger partial charge is 0.472 e. The fourth-order valence-electron chi connectivity index (χ4n) is 3.51. The summed E-state index contributed by atoms with van der Waals surface area (Å²) in [6, 6.07) is 4.48. The van der Waals surface area contributed by atoms with Crippen LogP contribution in [0.3, 0.4) is 0 Å². The second kappa shape index (κ2) is 7.21. The molecule has 2 aromatic rings. The summed E-state index contributed by atoms with van der Waals surface area (Å²) < 4.78 is 5.12. The third kappa shape index (κ3) is 3.70. The molecule has 0 aliphatic carbocycles. The fraction of sp³-hybridized carbons (Fsp3) is 0.556. The Labute approximate surface area is 142 Å². The van der Waals surface area contributed by atoms with Gasteiger partial charge < -0.3 is 14.6 Å². The van der Waals surface area contributed by atoms with Crippen LogP contribution in [0.4, 0.5) is 11.8 Å². The summed E-state index contributed by atoms with van der Waals surface area (Å²) in [5, 5.41) is 3.47. The maximum Gasteiger partial charge on any atom is 0.224 e. The molecule has 2 saturated heterocycles. The van der Waals surface area contributed by atoms with E-state index < -0.39 is 0 Å². The third-order valence-electron chi connectivity index (χ3n) is 4.85. The van der Waals surface area contributed by atoms with Crippen LogP contribution in [0, 0.1) is 0 Å². The summed E-state index contributed by atoms with van der Waals surface area (Å²) in [4.78, 5) is 13.9. The molecule has 0 unspecified atom stereocenters. The Morgan fingerprint density at radius 1 is 1.12 bits per heavy atom. The van der Waals surface area contributed by atoms with Gasteiger partial charge in [-0.15, -0.1) is 0 Å². The highest BCUT2D eigenvalue weighted by atomic mass is 16.3. The third-order valence-corrected chi connectivity index (χ3v) is 4.85. The van der Waals surface area contributed by atoms with Crippen molar-refractivity contribution in [2.24, 2.45) is 0 Å². The summed E-state index contributed by atoms with van der Waals surface area (Å²) in [6.07, 6.45) is 10.6. The first kappa shape index (κ1) is 15.4. The van der Waals surface area contributed by atoms with E-state index in [1.165, 1.54) is 31.2 Å². The molecule has 0 atom stereocenters. The van der Waals surface area contributed by atoms with Gasteiger partial charge in [0.1, 0.15) is 5.82 Å². The molecule has 2 fully saturated rings. The van der Waals surface area contributed by atoms with Crippen LogP contribution in [0.2, 0.25) is 0 Å². The molecule has 24 heavy (non-hydrogen) atoms. The van der Waals surface area contributed by atoms with Crippen molar-refractivity contribution in [3.63, 3.8) is 0 Å². The predicted octanol–water partition coefficient (Wildman–Crippen LogP) is 2.75. The van der Waals surface area contributed by atoms with E-state index in [0.717, 1.165) is 44.5 Å². The molecule has 6 heteroatoms. The summed E-state index contributed by atoms with van der Waals surface area (Å²) in [6.45, 7) is 5.20. The van der Waals surface area contributed by atoms with Crippen LogP contribution in [-0.2, 0) is 6.54 Å². The molecule has 2 aliphatic heterocycles. The minimum absolute atomic E-state index is 0.427. The number of aromatic nitrogens is 2. The van der Waals surface area contributed by atoms with Crippen LogP contribution in [0.25, 0.3) is 0 Å². The van der Waals surface area contributed by atoms with Crippen molar-refractivity contribution < 1.29 is 4.42 Å². The van der Waals surface area contributed by atoms with Crippen molar-refractivity contribution in [3.8, 4) is 0 Å². The molecule has 0 amide bonds. The molecule has 0 saturated carbocycles. The summed E-state index contributed by atoms with van der Waals surface area (Å²) in [5.41, 5.74) is 1.23. The van der Waals surface area contributed by atoms with Crippen LogP contribution >= 0.6 is 0 Å². The van der Waals surface area contributed by atoms with Gasteiger partial charge in [-0.25, -0.2) is 4.98 Å². The van der Waals surface area contributed by atoms with E-state index in [1.54, 1.807) is 6.26 Å². The van der Waals surface area contributed by atoms with Crippen LogP contribution in [0.5, 0.6) is 0 Å². The minimum atomic E-state index is 0.427. The fourth-order valence-corrected chi connectivity index (χ4v) is 3.51. The molecular formula is C18H25N5O. The Balaban J connectivity index is 1.30. The van der Waals surface area contributed by atoms with Gasteiger partial charge in [-0.2, -0.15) is 4.98 Å². The van der Waals surface area contributed by atoms with Crippen LogP contribution < -0.4 is 10.2 Å². The minimum Gasteiger partial charge on any atom is -0.472 e. The molecular weight excluding hydrogens is 302 g/mol. The lowest BCUT2D eigenvalue weighted by Gasteiger charge is -2.39. The molecule has 4 rings (SSSR count). The van der Waals surface area contributed by atoms with E-state index >= 15 is 0 Å². The molecule has 1 N–H and O–H groups in total. The van der Waals surface area contributed by atoms with Crippen LogP contribution in [0.15, 0.2) is 35.3 Å². The molecule has 2 aromatic heterocycles. The molecule has 0 spiro atoms. The molecule has 0 aromatic carbocycles. The first-order valence-electron chi connectivity index (χ1n) is 8.95. The smallest absolute Gasteiger partial charge is 0.224 e. The Morgan fingerprint density at radius 2 is 1.96 bits per heavy atom. The number of rotatable bonds is 5. The molecule has 128 valence electrons. The lowest BCUT2D eigenvalue weighted by molar-refractivity contribution is 0.152. The Bertz CT molecular complexity index is 631. The number of furan rings is 1. The lowest BCUT2D eigenvalue weighted by Crippen LogP contribution is -2.54. The SMILES string of the molecule is c1cc(N2CCCCCC2)nc(NC2CN(Cc3ccoc3)C2)n1. The second-order valence-corrected chi connectivity index (χ2v) is 6.81. The molecule has 0 bridgehead atoms. The summed E-state index contributed by atoms with van der Waals surface area (Å²) in [5.74, 6) is 1.81. The van der Waals surface area contributed by atoms with Gasteiger partial charge in [-0.05, 0) is 25.0 Å². The van der Waals surface area contributed by atoms with Gasteiger partial charge in [0.25, 0.3) is 0 Å². The second-order valence-electron chi connectivity index (χ2n) is 6.81. The lowest BCUT2D eigenvalue weighted by atomic mass is 10.1. The highest BCUT2D eigenvalue weighted by molar-refractivity contribution is 5.43. The van der Waals surface area contributed by atoms with Crippen molar-refractivity contribution in [2.75, 3.05) is 36.4 Å². The van der Waals surface area contributed by atoms with Gasteiger partial charge in [-0.3, -0.25) is 4.90 Å². The Hall–Kier alpha value is -2.08. The van der Waals surface area contributed by atoms with E-state index in [1.807, 2.05) is 24.6 Å². The number of nitrogens with one attached hydrogen (secondary N) is 1.